The molecule has 5 nitrogen and oxygen atoms in total. The van der Waals surface area contributed by atoms with Crippen molar-refractivity contribution in [3.8, 4) is 5.88 Å². The third-order valence-corrected chi connectivity index (χ3v) is 3.61. The maximum atomic E-state index is 5.54. The van der Waals surface area contributed by atoms with Gasteiger partial charge in [-0.05, 0) is 47.5 Å². The normalized spacial score (nSPS) is 19.1. The average molecular weight is 292 g/mol. The lowest BCUT2D eigenvalue weighted by Crippen LogP contribution is -2.45. The summed E-state index contributed by atoms with van der Waals surface area (Å²) in [6.07, 6.45) is 2.38. The van der Waals surface area contributed by atoms with Gasteiger partial charge >= 0.3 is 0 Å². The highest BCUT2D eigenvalue weighted by Gasteiger charge is 2.28. The zero-order valence-electron chi connectivity index (χ0n) is 13.9. The molecule has 21 heavy (non-hydrogen) atoms. The number of hydrogen-bond acceptors (Lipinski definition) is 5. The molecule has 0 amide bonds. The van der Waals surface area contributed by atoms with Crippen molar-refractivity contribution < 1.29 is 4.74 Å². The van der Waals surface area contributed by atoms with Crippen LogP contribution in [0.3, 0.4) is 0 Å². The molecule has 1 unspecified atom stereocenters. The zero-order valence-corrected chi connectivity index (χ0v) is 13.9. The highest BCUT2D eigenvalue weighted by molar-refractivity contribution is 5.37. The second-order valence-electron chi connectivity index (χ2n) is 6.70. The minimum atomic E-state index is 0.137. The number of aromatic nitrogens is 2. The average Bonchev–Trinajstić information content (AvgIpc) is 2.83. The van der Waals surface area contributed by atoms with Gasteiger partial charge in [-0.2, -0.15) is 4.98 Å². The number of anilines is 1. The first-order valence-electron chi connectivity index (χ1n) is 7.89. The molecule has 1 aromatic rings. The first-order chi connectivity index (χ1) is 9.89. The van der Waals surface area contributed by atoms with E-state index < -0.39 is 0 Å². The molecule has 1 aromatic heterocycles. The third-order valence-electron chi connectivity index (χ3n) is 3.61. The number of ether oxygens (including phenoxy) is 1. The van der Waals surface area contributed by atoms with Crippen LogP contribution in [0.1, 0.15) is 46.2 Å². The van der Waals surface area contributed by atoms with E-state index in [4.69, 9.17) is 4.74 Å². The van der Waals surface area contributed by atoms with Gasteiger partial charge in [0.2, 0.25) is 11.8 Å². The van der Waals surface area contributed by atoms with Crippen LogP contribution in [0.5, 0.6) is 5.88 Å². The first-order valence-corrected chi connectivity index (χ1v) is 7.89. The van der Waals surface area contributed by atoms with E-state index in [2.05, 4.69) is 41.0 Å². The summed E-state index contributed by atoms with van der Waals surface area (Å²) >= 11 is 0. The lowest BCUT2D eigenvalue weighted by atomic mass is 10.1. The van der Waals surface area contributed by atoms with Crippen molar-refractivity contribution in [3.63, 3.8) is 0 Å². The molecule has 1 atom stereocenters. The molecule has 1 aliphatic heterocycles. The number of hydrogen-bond donors (Lipinski definition) is 1. The van der Waals surface area contributed by atoms with E-state index >= 15 is 0 Å². The van der Waals surface area contributed by atoms with Gasteiger partial charge in [-0.1, -0.05) is 0 Å². The molecule has 2 rings (SSSR count). The molecule has 0 spiro atoms. The summed E-state index contributed by atoms with van der Waals surface area (Å²) in [6.45, 7) is 13.2. The summed E-state index contributed by atoms with van der Waals surface area (Å²) in [4.78, 5) is 11.5. The summed E-state index contributed by atoms with van der Waals surface area (Å²) in [5.41, 5.74) is 1.09. The summed E-state index contributed by atoms with van der Waals surface area (Å²) in [5, 5.41) is 3.59. The Hall–Kier alpha value is -1.36. The van der Waals surface area contributed by atoms with Crippen molar-refractivity contribution >= 4 is 5.95 Å². The summed E-state index contributed by atoms with van der Waals surface area (Å²) < 4.78 is 5.54. The molecule has 0 aromatic carbocycles. The number of rotatable bonds is 5. The molecule has 118 valence electrons. The molecule has 0 saturated carbocycles. The van der Waals surface area contributed by atoms with Crippen LogP contribution in [0, 0.1) is 6.92 Å². The van der Waals surface area contributed by atoms with E-state index in [1.54, 1.807) is 0 Å². The molecule has 0 radical (unpaired) electrons. The number of aryl methyl sites for hydroxylation is 1. The Morgan fingerprint density at radius 3 is 2.81 bits per heavy atom. The molecule has 0 bridgehead atoms. The Morgan fingerprint density at radius 1 is 1.38 bits per heavy atom. The van der Waals surface area contributed by atoms with Crippen LogP contribution < -0.4 is 15.0 Å². The van der Waals surface area contributed by atoms with E-state index in [1.165, 1.54) is 12.8 Å². The predicted octanol–water partition coefficient (Wildman–Crippen LogP) is 2.54. The van der Waals surface area contributed by atoms with Gasteiger partial charge in [0.15, 0.2) is 0 Å². The monoisotopic (exact) mass is 292 g/mol. The molecular formula is C16H28N4O. The van der Waals surface area contributed by atoms with Crippen molar-refractivity contribution in [1.29, 1.82) is 0 Å². The Morgan fingerprint density at radius 2 is 2.14 bits per heavy atom. The highest BCUT2D eigenvalue weighted by Crippen LogP contribution is 2.24. The summed E-state index contributed by atoms with van der Waals surface area (Å²) in [5.74, 6) is 1.48. The van der Waals surface area contributed by atoms with Crippen LogP contribution in [-0.4, -0.2) is 41.2 Å². The maximum absolute atomic E-state index is 5.54. The predicted molar refractivity (Wildman–Crippen MR) is 86.1 cm³/mol. The van der Waals surface area contributed by atoms with Crippen molar-refractivity contribution in [2.24, 2.45) is 0 Å². The van der Waals surface area contributed by atoms with Crippen LogP contribution >= 0.6 is 0 Å². The Bertz CT molecular complexity index is 470. The molecule has 5 heteroatoms. The van der Waals surface area contributed by atoms with Crippen molar-refractivity contribution in [2.45, 2.75) is 59.0 Å². The van der Waals surface area contributed by atoms with Crippen LogP contribution in [0.15, 0.2) is 6.07 Å². The fourth-order valence-corrected chi connectivity index (χ4v) is 2.61. The summed E-state index contributed by atoms with van der Waals surface area (Å²) in [7, 11) is 0. The largest absolute Gasteiger partial charge is 0.478 e. The van der Waals surface area contributed by atoms with E-state index in [1.807, 2.05) is 19.9 Å². The fraction of sp³-hybridized carbons (Fsp3) is 0.750. The Labute approximate surface area is 128 Å². The number of nitrogens with zero attached hydrogens (tertiary/aromatic N) is 3. The van der Waals surface area contributed by atoms with E-state index in [0.29, 0.717) is 18.5 Å². The molecule has 1 N–H and O–H groups in total. The Kier molecular flexibility index (Phi) is 5.04. The van der Waals surface area contributed by atoms with Crippen molar-refractivity contribution in [1.82, 2.24) is 15.3 Å². The molecule has 1 saturated heterocycles. The summed E-state index contributed by atoms with van der Waals surface area (Å²) in [6, 6.07) is 2.35. The minimum absolute atomic E-state index is 0.137. The fourth-order valence-electron chi connectivity index (χ4n) is 2.61. The SMILES string of the molecule is CCOc1cc(C)nc(N2CCCC2CNC(C)(C)C)n1. The van der Waals surface area contributed by atoms with Gasteiger partial charge in [-0.25, -0.2) is 4.98 Å². The van der Waals surface area contributed by atoms with Crippen molar-refractivity contribution in [2.75, 3.05) is 24.6 Å². The Balaban J connectivity index is 2.12. The second kappa shape index (κ2) is 6.60. The number of nitrogens with one attached hydrogen (secondary N) is 1. The van der Waals surface area contributed by atoms with Crippen LogP contribution in [-0.2, 0) is 0 Å². The van der Waals surface area contributed by atoms with Gasteiger partial charge in [-0.3, -0.25) is 0 Å². The first kappa shape index (κ1) is 16.0. The van der Waals surface area contributed by atoms with E-state index in [0.717, 1.165) is 24.7 Å². The lowest BCUT2D eigenvalue weighted by molar-refractivity contribution is 0.325. The highest BCUT2D eigenvalue weighted by atomic mass is 16.5. The van der Waals surface area contributed by atoms with Gasteiger partial charge in [0.25, 0.3) is 0 Å². The molecular weight excluding hydrogens is 264 g/mol. The van der Waals surface area contributed by atoms with E-state index in [-0.39, 0.29) is 5.54 Å². The zero-order chi connectivity index (χ0) is 15.5. The standard InChI is InChI=1S/C16H28N4O/c1-6-21-14-10-12(2)18-15(19-14)20-9-7-8-13(20)11-17-16(3,4)5/h10,13,17H,6-9,11H2,1-5H3. The topological polar surface area (TPSA) is 50.3 Å². The van der Waals surface area contributed by atoms with Gasteiger partial charge in [0.05, 0.1) is 6.61 Å². The van der Waals surface area contributed by atoms with Crippen LogP contribution in [0.2, 0.25) is 0 Å². The second-order valence-corrected chi connectivity index (χ2v) is 6.70. The maximum Gasteiger partial charge on any atom is 0.229 e. The lowest BCUT2D eigenvalue weighted by Gasteiger charge is -2.29. The third kappa shape index (κ3) is 4.56. The molecule has 1 aliphatic rings. The van der Waals surface area contributed by atoms with Gasteiger partial charge in [0, 0.05) is 36.4 Å². The van der Waals surface area contributed by atoms with Gasteiger partial charge in [-0.15, -0.1) is 0 Å². The van der Waals surface area contributed by atoms with Crippen LogP contribution in [0.4, 0.5) is 5.95 Å². The quantitative estimate of drug-likeness (QED) is 0.904. The molecule has 0 aliphatic carbocycles. The van der Waals surface area contributed by atoms with E-state index in [9.17, 15) is 0 Å². The molecule has 1 fully saturated rings. The molecule has 2 heterocycles. The van der Waals surface area contributed by atoms with Crippen LogP contribution in [0.25, 0.3) is 0 Å². The van der Waals surface area contributed by atoms with Gasteiger partial charge in [0.1, 0.15) is 0 Å². The van der Waals surface area contributed by atoms with Crippen molar-refractivity contribution in [3.05, 3.63) is 11.8 Å². The van der Waals surface area contributed by atoms with Gasteiger partial charge < -0.3 is 15.0 Å². The minimum Gasteiger partial charge on any atom is -0.478 e. The smallest absolute Gasteiger partial charge is 0.229 e.